The quantitative estimate of drug-likeness (QED) is 0.593. The SMILES string of the molecule is CN(C)C1=N[C@@H]2[C@@H](O)[C@H](O)[C@@H](C(CCc3ccccc3)(OCc3ccccc3)C(F)(F)F)O[C@@H]2S1. The molecule has 6 atom stereocenters. The summed E-state index contributed by atoms with van der Waals surface area (Å²) in [4.78, 5) is 6.05. The van der Waals surface area contributed by atoms with Gasteiger partial charge in [0.1, 0.15) is 29.8 Å². The predicted molar refractivity (Wildman–Crippen MR) is 128 cm³/mol. The lowest BCUT2D eigenvalue weighted by Gasteiger charge is -2.48. The van der Waals surface area contributed by atoms with E-state index in [1.54, 1.807) is 79.7 Å². The van der Waals surface area contributed by atoms with Gasteiger partial charge >= 0.3 is 6.18 Å². The Bertz CT molecular complexity index is 963. The van der Waals surface area contributed by atoms with Crippen LogP contribution < -0.4 is 0 Å². The van der Waals surface area contributed by atoms with E-state index in [0.29, 0.717) is 16.3 Å². The van der Waals surface area contributed by atoms with Crippen LogP contribution in [0.2, 0.25) is 0 Å². The maximum Gasteiger partial charge on any atom is 0.420 e. The first-order valence-electron chi connectivity index (χ1n) is 11.3. The standard InChI is InChI=1S/C25H29F3N2O4S/c1-30(2)23-29-18-19(31)20(32)21(34-22(18)35-23)24(25(26,27)28,14-13-16-9-5-3-6-10-16)33-15-17-11-7-4-8-12-17/h3-12,18-22,31-32H,13-15H2,1-2H3/t18-,19-,20+,21+,22-,24?/m1/s1. The highest BCUT2D eigenvalue weighted by Gasteiger charge is 2.66. The van der Waals surface area contributed by atoms with E-state index in [2.05, 4.69) is 4.99 Å². The summed E-state index contributed by atoms with van der Waals surface area (Å²) in [6.45, 7) is -0.335. The van der Waals surface area contributed by atoms with Crippen molar-refractivity contribution in [3.63, 3.8) is 0 Å². The largest absolute Gasteiger partial charge is 0.420 e. The Morgan fingerprint density at radius 3 is 2.14 bits per heavy atom. The number of hydrogen-bond acceptors (Lipinski definition) is 7. The number of aliphatic imine (C=N–C) groups is 1. The molecule has 6 nitrogen and oxygen atoms in total. The lowest BCUT2D eigenvalue weighted by Crippen LogP contribution is -2.68. The number of aryl methyl sites for hydroxylation is 1. The molecule has 4 rings (SSSR count). The molecule has 0 spiro atoms. The van der Waals surface area contributed by atoms with Crippen LogP contribution in [-0.4, -0.2) is 75.9 Å². The molecule has 0 aromatic heterocycles. The first-order valence-corrected chi connectivity index (χ1v) is 12.2. The van der Waals surface area contributed by atoms with E-state index < -0.39 is 48.0 Å². The minimum Gasteiger partial charge on any atom is -0.388 e. The smallest absolute Gasteiger partial charge is 0.388 e. The minimum absolute atomic E-state index is 0.0402. The summed E-state index contributed by atoms with van der Waals surface area (Å²) in [6.07, 6.45) is -10.6. The summed E-state index contributed by atoms with van der Waals surface area (Å²) in [5.41, 5.74) is -2.50. The van der Waals surface area contributed by atoms with Crippen molar-refractivity contribution in [2.24, 2.45) is 4.99 Å². The Kier molecular flexibility index (Phi) is 7.77. The number of nitrogens with zero attached hydrogens (tertiary/aromatic N) is 2. The van der Waals surface area contributed by atoms with Gasteiger partial charge in [-0.3, -0.25) is 4.99 Å². The summed E-state index contributed by atoms with van der Waals surface area (Å²) in [7, 11) is 3.48. The zero-order valence-corrected chi connectivity index (χ0v) is 20.2. The fourth-order valence-electron chi connectivity index (χ4n) is 4.39. The molecule has 1 unspecified atom stereocenters. The minimum atomic E-state index is -4.90. The molecule has 0 amide bonds. The van der Waals surface area contributed by atoms with E-state index >= 15 is 0 Å². The zero-order chi connectivity index (χ0) is 25.2. The molecule has 2 aromatic carbocycles. The number of halogens is 3. The second-order valence-corrected chi connectivity index (χ2v) is 10.0. The number of ether oxygens (including phenoxy) is 2. The average Bonchev–Trinajstić information content (AvgIpc) is 3.27. The third kappa shape index (κ3) is 5.36. The molecule has 0 saturated carbocycles. The van der Waals surface area contributed by atoms with Gasteiger partial charge in [-0.05, 0) is 24.0 Å². The highest BCUT2D eigenvalue weighted by Crippen LogP contribution is 2.48. The van der Waals surface area contributed by atoms with Crippen molar-refractivity contribution in [1.29, 1.82) is 0 Å². The zero-order valence-electron chi connectivity index (χ0n) is 19.4. The third-order valence-corrected chi connectivity index (χ3v) is 7.64. The molecular weight excluding hydrogens is 481 g/mol. The van der Waals surface area contributed by atoms with Crippen LogP contribution in [0.3, 0.4) is 0 Å². The van der Waals surface area contributed by atoms with Crippen LogP contribution in [0.1, 0.15) is 17.5 Å². The number of aliphatic hydroxyl groups excluding tert-OH is 2. The van der Waals surface area contributed by atoms with Crippen molar-refractivity contribution < 1.29 is 32.9 Å². The van der Waals surface area contributed by atoms with Gasteiger partial charge in [-0.25, -0.2) is 0 Å². The van der Waals surface area contributed by atoms with Crippen molar-refractivity contribution in [3.8, 4) is 0 Å². The van der Waals surface area contributed by atoms with Crippen LogP contribution in [0, 0.1) is 0 Å². The van der Waals surface area contributed by atoms with Gasteiger partial charge in [0.15, 0.2) is 10.8 Å². The Morgan fingerprint density at radius 1 is 0.971 bits per heavy atom. The van der Waals surface area contributed by atoms with E-state index in [1.807, 2.05) is 0 Å². The molecule has 2 N–H and O–H groups in total. The van der Waals surface area contributed by atoms with Gasteiger partial charge < -0.3 is 24.6 Å². The van der Waals surface area contributed by atoms with Crippen molar-refractivity contribution in [2.75, 3.05) is 14.1 Å². The molecule has 10 heteroatoms. The van der Waals surface area contributed by atoms with Crippen LogP contribution in [0.25, 0.3) is 0 Å². The average molecular weight is 511 g/mol. The second-order valence-electron chi connectivity index (χ2n) is 8.97. The number of rotatable bonds is 7. The molecule has 2 aliphatic rings. The molecule has 0 bridgehead atoms. The maximum atomic E-state index is 15.0. The van der Waals surface area contributed by atoms with Gasteiger partial charge in [-0.2, -0.15) is 13.2 Å². The van der Waals surface area contributed by atoms with Crippen LogP contribution in [0.15, 0.2) is 65.7 Å². The van der Waals surface area contributed by atoms with Gasteiger partial charge in [0.05, 0.1) is 6.61 Å². The molecule has 190 valence electrons. The lowest BCUT2D eigenvalue weighted by atomic mass is 9.81. The summed E-state index contributed by atoms with van der Waals surface area (Å²) in [6, 6.07) is 16.4. The third-order valence-electron chi connectivity index (χ3n) is 6.34. The molecule has 2 aromatic rings. The summed E-state index contributed by atoms with van der Waals surface area (Å²) in [5, 5.41) is 22.3. The van der Waals surface area contributed by atoms with E-state index in [9.17, 15) is 23.4 Å². The van der Waals surface area contributed by atoms with Crippen LogP contribution in [-0.2, 0) is 22.5 Å². The fraction of sp³-hybridized carbons (Fsp3) is 0.480. The number of amidine groups is 1. The van der Waals surface area contributed by atoms with E-state index in [1.165, 1.54) is 0 Å². The number of hydrogen-bond donors (Lipinski definition) is 2. The second kappa shape index (κ2) is 10.5. The van der Waals surface area contributed by atoms with Gasteiger partial charge in [-0.15, -0.1) is 0 Å². The first kappa shape index (κ1) is 26.0. The Hall–Kier alpha value is -2.11. The number of thioether (sulfide) groups is 1. The lowest BCUT2D eigenvalue weighted by molar-refractivity contribution is -0.343. The Morgan fingerprint density at radius 2 is 1.57 bits per heavy atom. The molecule has 1 fully saturated rings. The predicted octanol–water partition coefficient (Wildman–Crippen LogP) is 3.62. The highest BCUT2D eigenvalue weighted by molar-refractivity contribution is 8.14. The Balaban J connectivity index is 1.69. The first-order chi connectivity index (χ1) is 16.6. The van der Waals surface area contributed by atoms with E-state index in [0.717, 1.165) is 11.8 Å². The monoisotopic (exact) mass is 510 g/mol. The summed E-state index contributed by atoms with van der Waals surface area (Å²) in [5.74, 6) is 0. The fourth-order valence-corrected chi connectivity index (χ4v) is 5.53. The number of benzene rings is 2. The van der Waals surface area contributed by atoms with E-state index in [-0.39, 0.29) is 13.0 Å². The molecule has 2 heterocycles. The number of aliphatic hydroxyl groups is 2. The summed E-state index contributed by atoms with van der Waals surface area (Å²) < 4.78 is 56.5. The Labute approximate surface area is 206 Å². The van der Waals surface area contributed by atoms with E-state index in [4.69, 9.17) is 9.47 Å². The van der Waals surface area contributed by atoms with Gasteiger partial charge in [-0.1, -0.05) is 72.4 Å². The molecule has 0 aliphatic carbocycles. The molecular formula is C25H29F3N2O4S. The van der Waals surface area contributed by atoms with Crippen molar-refractivity contribution in [3.05, 3.63) is 71.8 Å². The van der Waals surface area contributed by atoms with Crippen LogP contribution >= 0.6 is 11.8 Å². The molecule has 1 saturated heterocycles. The maximum absolute atomic E-state index is 15.0. The van der Waals surface area contributed by atoms with Crippen molar-refractivity contribution >= 4 is 16.9 Å². The van der Waals surface area contributed by atoms with Gasteiger partial charge in [0, 0.05) is 14.1 Å². The van der Waals surface area contributed by atoms with Crippen LogP contribution in [0.4, 0.5) is 13.2 Å². The normalized spacial score (nSPS) is 28.2. The topological polar surface area (TPSA) is 74.5 Å². The summed E-state index contributed by atoms with van der Waals surface area (Å²) >= 11 is 1.13. The van der Waals surface area contributed by atoms with Crippen LogP contribution in [0.5, 0.6) is 0 Å². The molecule has 2 aliphatic heterocycles. The van der Waals surface area contributed by atoms with Crippen molar-refractivity contribution in [2.45, 2.75) is 61.0 Å². The molecule has 35 heavy (non-hydrogen) atoms. The highest BCUT2D eigenvalue weighted by atomic mass is 32.2. The molecule has 0 radical (unpaired) electrons. The number of alkyl halides is 3. The number of fused-ring (bicyclic) bond motifs is 1. The van der Waals surface area contributed by atoms with Gasteiger partial charge in [0.2, 0.25) is 0 Å². The van der Waals surface area contributed by atoms with Gasteiger partial charge in [0.25, 0.3) is 0 Å². The van der Waals surface area contributed by atoms with Crippen molar-refractivity contribution in [1.82, 2.24) is 4.90 Å².